The first-order valence-corrected chi connectivity index (χ1v) is 15.9. The summed E-state index contributed by atoms with van der Waals surface area (Å²) >= 11 is 0. The van der Waals surface area contributed by atoms with Crippen molar-refractivity contribution in [3.05, 3.63) is 71.5 Å². The molecular formula is C30H39N5O5S. The van der Waals surface area contributed by atoms with Crippen LogP contribution >= 0.6 is 0 Å². The lowest BCUT2D eigenvalue weighted by Crippen LogP contribution is -2.47. The third-order valence-corrected chi connectivity index (χ3v) is 9.31. The van der Waals surface area contributed by atoms with Gasteiger partial charge in [-0.15, -0.1) is 5.10 Å². The van der Waals surface area contributed by atoms with Crippen molar-refractivity contribution in [3.63, 3.8) is 0 Å². The first-order chi connectivity index (χ1) is 19.7. The van der Waals surface area contributed by atoms with Gasteiger partial charge in [0.1, 0.15) is 11.7 Å². The minimum atomic E-state index is -3.69. The molecule has 2 saturated heterocycles. The summed E-state index contributed by atoms with van der Waals surface area (Å²) in [6.07, 6.45) is 2.65. The quantitative estimate of drug-likeness (QED) is 0.360. The van der Waals surface area contributed by atoms with E-state index in [-0.39, 0.29) is 43.5 Å². The molecule has 10 nitrogen and oxygen atoms in total. The number of aryl methyl sites for hydroxylation is 2. The number of ether oxygens (including phenoxy) is 2. The highest BCUT2D eigenvalue weighted by Crippen LogP contribution is 2.27. The van der Waals surface area contributed by atoms with Gasteiger partial charge in [-0.25, -0.2) is 8.42 Å². The van der Waals surface area contributed by atoms with Gasteiger partial charge in [0.25, 0.3) is 0 Å². The third-order valence-electron chi connectivity index (χ3n) is 7.52. The molecular weight excluding hydrogens is 542 g/mol. The van der Waals surface area contributed by atoms with E-state index in [1.807, 2.05) is 38.1 Å². The van der Waals surface area contributed by atoms with Gasteiger partial charge in [-0.1, -0.05) is 73.2 Å². The highest BCUT2D eigenvalue weighted by Gasteiger charge is 2.41. The molecule has 0 saturated carbocycles. The Morgan fingerprint density at radius 1 is 0.976 bits per heavy atom. The maximum atomic E-state index is 13.9. The largest absolute Gasteiger partial charge is 0.350 e. The second-order valence-electron chi connectivity index (χ2n) is 11.3. The highest BCUT2D eigenvalue weighted by molar-refractivity contribution is 7.89. The van der Waals surface area contributed by atoms with Gasteiger partial charge in [0, 0.05) is 26.1 Å². The van der Waals surface area contributed by atoms with Crippen molar-refractivity contribution in [3.8, 4) is 11.1 Å². The van der Waals surface area contributed by atoms with E-state index in [1.165, 1.54) is 9.87 Å². The second kappa shape index (κ2) is 12.8. The molecule has 3 heterocycles. The molecule has 2 aliphatic rings. The monoisotopic (exact) mass is 581 g/mol. The Labute approximate surface area is 242 Å². The molecule has 5 rings (SSSR count). The van der Waals surface area contributed by atoms with Crippen molar-refractivity contribution in [1.29, 1.82) is 0 Å². The number of hydrogen-bond donors (Lipinski definition) is 0. The Kier molecular flexibility index (Phi) is 9.18. The summed E-state index contributed by atoms with van der Waals surface area (Å²) < 4.78 is 41.2. The predicted molar refractivity (Wildman–Crippen MR) is 155 cm³/mol. The summed E-state index contributed by atoms with van der Waals surface area (Å²) in [7, 11) is -3.69. The summed E-state index contributed by atoms with van der Waals surface area (Å²) in [5.41, 5.74) is 4.82. The number of carbonyl (C=O) groups is 1. The molecule has 2 fully saturated rings. The molecule has 3 aromatic rings. The van der Waals surface area contributed by atoms with E-state index < -0.39 is 16.1 Å². The highest BCUT2D eigenvalue weighted by atomic mass is 32.2. The van der Waals surface area contributed by atoms with Crippen LogP contribution in [0.5, 0.6) is 0 Å². The number of amides is 1. The summed E-state index contributed by atoms with van der Waals surface area (Å²) in [6, 6.07) is 15.4. The number of carbonyl (C=O) groups excluding carboxylic acids is 1. The van der Waals surface area contributed by atoms with Crippen molar-refractivity contribution in [2.45, 2.75) is 65.6 Å². The van der Waals surface area contributed by atoms with Gasteiger partial charge in [-0.3, -0.25) is 9.48 Å². The van der Waals surface area contributed by atoms with Gasteiger partial charge in [0.05, 0.1) is 31.7 Å². The Hall–Kier alpha value is -3.12. The molecule has 0 radical (unpaired) electrons. The molecule has 0 N–H and O–H groups in total. The fraction of sp³-hybridized carbons (Fsp3) is 0.500. The first kappa shape index (κ1) is 29.4. The van der Waals surface area contributed by atoms with E-state index >= 15 is 0 Å². The van der Waals surface area contributed by atoms with Crippen LogP contribution in [-0.2, 0) is 43.9 Å². The molecule has 1 atom stereocenters. The molecule has 2 aromatic carbocycles. The summed E-state index contributed by atoms with van der Waals surface area (Å²) in [5, 5.41) is 8.42. The van der Waals surface area contributed by atoms with E-state index in [0.29, 0.717) is 38.3 Å². The van der Waals surface area contributed by atoms with Crippen LogP contribution < -0.4 is 0 Å². The fourth-order valence-electron chi connectivity index (χ4n) is 5.27. The Balaban J connectivity index is 1.31. The van der Waals surface area contributed by atoms with E-state index in [0.717, 1.165) is 16.7 Å². The van der Waals surface area contributed by atoms with Gasteiger partial charge in [-0.05, 0) is 36.0 Å². The van der Waals surface area contributed by atoms with Crippen molar-refractivity contribution < 1.29 is 22.7 Å². The Morgan fingerprint density at radius 3 is 2.29 bits per heavy atom. The fourth-order valence-corrected chi connectivity index (χ4v) is 6.86. The minimum Gasteiger partial charge on any atom is -0.350 e. The maximum Gasteiger partial charge on any atom is 0.241 e. The van der Waals surface area contributed by atoms with Crippen LogP contribution in [0.4, 0.5) is 0 Å². The van der Waals surface area contributed by atoms with Gasteiger partial charge in [0.2, 0.25) is 15.9 Å². The van der Waals surface area contributed by atoms with Gasteiger partial charge < -0.3 is 14.4 Å². The number of rotatable bonds is 10. The third kappa shape index (κ3) is 7.40. The zero-order valence-corrected chi connectivity index (χ0v) is 24.8. The standard InChI is InChI=1S/C30H39N5O5S/c1-22(2)18-28-30(36)33(20-27-21-34(32-31-27)13-12-29-39-15-16-40-29)14-17-41(37,38)35(28)19-24-6-10-26(11-7-24)25-8-4-23(3)5-9-25/h4-11,21-22,28-29H,12-20H2,1-3H3. The number of nitrogens with zero attached hydrogens (tertiary/aromatic N) is 5. The molecule has 220 valence electrons. The van der Waals surface area contributed by atoms with Crippen molar-refractivity contribution in [2.75, 3.05) is 25.5 Å². The maximum absolute atomic E-state index is 13.9. The second-order valence-corrected chi connectivity index (χ2v) is 13.3. The molecule has 1 amide bonds. The average molecular weight is 582 g/mol. The molecule has 1 unspecified atom stereocenters. The zero-order chi connectivity index (χ0) is 29.0. The van der Waals surface area contributed by atoms with Gasteiger partial charge in [-0.2, -0.15) is 4.31 Å². The van der Waals surface area contributed by atoms with Crippen molar-refractivity contribution in [1.82, 2.24) is 24.2 Å². The predicted octanol–water partition coefficient (Wildman–Crippen LogP) is 3.61. The number of benzene rings is 2. The van der Waals surface area contributed by atoms with E-state index in [2.05, 4.69) is 41.5 Å². The Bertz CT molecular complexity index is 1420. The van der Waals surface area contributed by atoms with Crippen molar-refractivity contribution >= 4 is 15.9 Å². The Morgan fingerprint density at radius 2 is 1.63 bits per heavy atom. The number of hydrogen-bond acceptors (Lipinski definition) is 7. The minimum absolute atomic E-state index is 0.106. The number of aromatic nitrogens is 3. The van der Waals surface area contributed by atoms with Crippen LogP contribution in [0.1, 0.15) is 43.5 Å². The van der Waals surface area contributed by atoms with Crippen LogP contribution in [0.2, 0.25) is 0 Å². The zero-order valence-electron chi connectivity index (χ0n) is 24.0. The van der Waals surface area contributed by atoms with E-state index in [1.54, 1.807) is 15.8 Å². The van der Waals surface area contributed by atoms with Gasteiger partial charge >= 0.3 is 0 Å². The van der Waals surface area contributed by atoms with Crippen LogP contribution in [0.15, 0.2) is 54.7 Å². The topological polar surface area (TPSA) is 107 Å². The molecule has 41 heavy (non-hydrogen) atoms. The summed E-state index contributed by atoms with van der Waals surface area (Å²) in [5.74, 6) is -0.205. The lowest BCUT2D eigenvalue weighted by molar-refractivity contribution is -0.136. The normalized spacial score (nSPS) is 20.1. The number of sulfonamides is 1. The summed E-state index contributed by atoms with van der Waals surface area (Å²) in [4.78, 5) is 15.5. The van der Waals surface area contributed by atoms with Crippen LogP contribution in [0.3, 0.4) is 0 Å². The molecule has 1 aromatic heterocycles. The lowest BCUT2D eigenvalue weighted by atomic mass is 10.0. The van der Waals surface area contributed by atoms with E-state index in [4.69, 9.17) is 9.47 Å². The van der Waals surface area contributed by atoms with E-state index in [9.17, 15) is 13.2 Å². The molecule has 0 aliphatic carbocycles. The molecule has 2 aliphatic heterocycles. The average Bonchev–Trinajstić information content (AvgIpc) is 3.62. The SMILES string of the molecule is Cc1ccc(-c2ccc(CN3C(CC(C)C)C(=O)N(Cc4cn(CCC5OCCO5)nn4)CCS3(=O)=O)cc2)cc1. The van der Waals surface area contributed by atoms with Crippen LogP contribution in [0.25, 0.3) is 11.1 Å². The lowest BCUT2D eigenvalue weighted by Gasteiger charge is -2.30. The van der Waals surface area contributed by atoms with Gasteiger partial charge in [0.15, 0.2) is 6.29 Å². The first-order valence-electron chi connectivity index (χ1n) is 14.2. The van der Waals surface area contributed by atoms with Crippen LogP contribution in [-0.4, -0.2) is 76.4 Å². The molecule has 0 bridgehead atoms. The van der Waals surface area contributed by atoms with Crippen LogP contribution in [0, 0.1) is 12.8 Å². The molecule has 0 spiro atoms. The van der Waals surface area contributed by atoms with Crippen molar-refractivity contribution in [2.24, 2.45) is 5.92 Å². The smallest absolute Gasteiger partial charge is 0.241 e. The summed E-state index contributed by atoms with van der Waals surface area (Å²) in [6.45, 7) is 8.30. The molecule has 11 heteroatoms.